The number of aromatic nitrogens is 2. The molecule has 3 atom stereocenters. The first-order chi connectivity index (χ1) is 12.3. The molecule has 5 heteroatoms. The summed E-state index contributed by atoms with van der Waals surface area (Å²) in [5.41, 5.74) is 3.14. The summed E-state index contributed by atoms with van der Waals surface area (Å²) < 4.78 is 0. The number of carbonyl (C=O) groups excluding carboxylic acids is 1. The van der Waals surface area contributed by atoms with E-state index in [-0.39, 0.29) is 11.9 Å². The van der Waals surface area contributed by atoms with Crippen LogP contribution in [-0.2, 0) is 6.42 Å². The van der Waals surface area contributed by atoms with Gasteiger partial charge in [-0.1, -0.05) is 31.2 Å². The predicted molar refractivity (Wildman–Crippen MR) is 96.4 cm³/mol. The van der Waals surface area contributed by atoms with Gasteiger partial charge in [-0.15, -0.1) is 0 Å². The SMILES string of the molecule is CCc1ccc([C@H]2CN(C(=O)c3cnccn3)[C@@H]3CCNC[C@H]23)cc1. The molecule has 2 aromatic rings. The number of likely N-dealkylation sites (tertiary alicyclic amines) is 1. The summed E-state index contributed by atoms with van der Waals surface area (Å²) in [5.74, 6) is 0.851. The van der Waals surface area contributed by atoms with E-state index >= 15 is 0 Å². The van der Waals surface area contributed by atoms with Crippen molar-refractivity contribution >= 4 is 5.91 Å². The molecule has 1 N–H and O–H groups in total. The molecule has 4 rings (SSSR count). The Kier molecular flexibility index (Phi) is 4.49. The molecule has 2 saturated heterocycles. The predicted octanol–water partition coefficient (Wildman–Crippen LogP) is 2.26. The van der Waals surface area contributed by atoms with Gasteiger partial charge in [0.05, 0.1) is 6.20 Å². The maximum absolute atomic E-state index is 13.0. The average Bonchev–Trinajstić information content (AvgIpc) is 3.08. The van der Waals surface area contributed by atoms with Crippen LogP contribution in [0.3, 0.4) is 0 Å². The Morgan fingerprint density at radius 3 is 2.84 bits per heavy atom. The molecule has 1 aromatic heterocycles. The van der Waals surface area contributed by atoms with Gasteiger partial charge < -0.3 is 10.2 Å². The van der Waals surface area contributed by atoms with E-state index in [1.165, 1.54) is 11.1 Å². The molecule has 2 aliphatic rings. The van der Waals surface area contributed by atoms with Crippen molar-refractivity contribution in [2.75, 3.05) is 19.6 Å². The minimum absolute atomic E-state index is 0.0117. The molecule has 2 fully saturated rings. The molecule has 130 valence electrons. The van der Waals surface area contributed by atoms with Crippen LogP contribution in [0.1, 0.15) is 40.9 Å². The lowest BCUT2D eigenvalue weighted by Gasteiger charge is -2.32. The molecule has 1 aromatic carbocycles. The molecule has 1 amide bonds. The number of carbonyl (C=O) groups is 1. The van der Waals surface area contributed by atoms with Crippen molar-refractivity contribution < 1.29 is 4.79 Å². The highest BCUT2D eigenvalue weighted by molar-refractivity contribution is 5.92. The zero-order valence-electron chi connectivity index (χ0n) is 14.6. The van der Waals surface area contributed by atoms with E-state index in [1.807, 2.05) is 4.90 Å². The number of benzene rings is 1. The first-order valence-electron chi connectivity index (χ1n) is 9.14. The summed E-state index contributed by atoms with van der Waals surface area (Å²) >= 11 is 0. The summed E-state index contributed by atoms with van der Waals surface area (Å²) in [5, 5.41) is 3.51. The standard InChI is InChI=1S/C20H24N4O/c1-2-14-3-5-15(6-4-14)17-13-24(19-7-8-21-11-16(17)19)20(25)18-12-22-9-10-23-18/h3-6,9-10,12,16-17,19,21H,2,7-8,11,13H2,1H3/t16-,17-,19-/m1/s1. The van der Waals surface area contributed by atoms with Gasteiger partial charge in [0.2, 0.25) is 0 Å². The van der Waals surface area contributed by atoms with Crippen LogP contribution in [0.15, 0.2) is 42.9 Å². The Morgan fingerprint density at radius 1 is 1.28 bits per heavy atom. The molecule has 25 heavy (non-hydrogen) atoms. The molecule has 2 aliphatic heterocycles. The Bertz CT molecular complexity index is 731. The molecule has 3 heterocycles. The van der Waals surface area contributed by atoms with E-state index in [2.05, 4.69) is 46.5 Å². The van der Waals surface area contributed by atoms with Crippen LogP contribution in [0, 0.1) is 5.92 Å². The number of nitrogens with one attached hydrogen (secondary N) is 1. The fourth-order valence-electron chi connectivity index (χ4n) is 4.29. The van der Waals surface area contributed by atoms with Gasteiger partial charge in [0.1, 0.15) is 5.69 Å². The first kappa shape index (κ1) is 16.2. The summed E-state index contributed by atoms with van der Waals surface area (Å²) in [7, 11) is 0. The van der Waals surface area contributed by atoms with Crippen LogP contribution in [0.25, 0.3) is 0 Å². The molecule has 0 unspecified atom stereocenters. The minimum atomic E-state index is 0.0117. The lowest BCUT2D eigenvalue weighted by Crippen LogP contribution is -2.46. The van der Waals surface area contributed by atoms with Gasteiger partial charge in [-0.05, 0) is 30.5 Å². The molecule has 5 nitrogen and oxygen atoms in total. The monoisotopic (exact) mass is 336 g/mol. The van der Waals surface area contributed by atoms with Gasteiger partial charge in [-0.25, -0.2) is 4.98 Å². The van der Waals surface area contributed by atoms with Crippen molar-refractivity contribution in [1.29, 1.82) is 0 Å². The van der Waals surface area contributed by atoms with Crippen LogP contribution in [-0.4, -0.2) is 46.5 Å². The number of rotatable bonds is 3. The number of amides is 1. The quantitative estimate of drug-likeness (QED) is 0.934. The number of piperidine rings is 1. The van der Waals surface area contributed by atoms with E-state index in [4.69, 9.17) is 0 Å². The molecule has 0 saturated carbocycles. The molecule has 0 bridgehead atoms. The molecule has 0 radical (unpaired) electrons. The molecular weight excluding hydrogens is 312 g/mol. The maximum Gasteiger partial charge on any atom is 0.274 e. The minimum Gasteiger partial charge on any atom is -0.333 e. The summed E-state index contributed by atoms with van der Waals surface area (Å²) in [4.78, 5) is 23.3. The molecular formula is C20H24N4O. The second-order valence-corrected chi connectivity index (χ2v) is 6.97. The van der Waals surface area contributed by atoms with E-state index < -0.39 is 0 Å². The van der Waals surface area contributed by atoms with Crippen LogP contribution in [0.4, 0.5) is 0 Å². The van der Waals surface area contributed by atoms with E-state index in [1.54, 1.807) is 18.6 Å². The topological polar surface area (TPSA) is 58.1 Å². The van der Waals surface area contributed by atoms with Gasteiger partial charge in [-0.2, -0.15) is 0 Å². The third kappa shape index (κ3) is 3.04. The second-order valence-electron chi connectivity index (χ2n) is 6.97. The fraction of sp³-hybridized carbons (Fsp3) is 0.450. The zero-order chi connectivity index (χ0) is 17.2. The van der Waals surface area contributed by atoms with Gasteiger partial charge in [0, 0.05) is 43.4 Å². The Morgan fingerprint density at radius 2 is 2.12 bits per heavy atom. The highest BCUT2D eigenvalue weighted by Gasteiger charge is 2.45. The summed E-state index contributed by atoms with van der Waals surface area (Å²) in [6, 6.07) is 9.20. The normalized spacial score (nSPS) is 25.6. The van der Waals surface area contributed by atoms with Gasteiger partial charge in [-0.3, -0.25) is 9.78 Å². The number of hydrogen-bond donors (Lipinski definition) is 1. The Hall–Kier alpha value is -2.27. The number of nitrogens with zero attached hydrogens (tertiary/aromatic N) is 3. The fourth-order valence-corrected chi connectivity index (χ4v) is 4.29. The van der Waals surface area contributed by atoms with Crippen LogP contribution in [0.5, 0.6) is 0 Å². The number of fused-ring (bicyclic) bond motifs is 1. The maximum atomic E-state index is 13.0. The highest BCUT2D eigenvalue weighted by atomic mass is 16.2. The smallest absolute Gasteiger partial charge is 0.274 e. The van der Waals surface area contributed by atoms with Crippen LogP contribution < -0.4 is 5.32 Å². The van der Waals surface area contributed by atoms with Crippen molar-refractivity contribution in [2.45, 2.75) is 31.7 Å². The molecule has 0 aliphatic carbocycles. The summed E-state index contributed by atoms with van der Waals surface area (Å²) in [6.07, 6.45) is 6.81. The van der Waals surface area contributed by atoms with Crippen LogP contribution >= 0.6 is 0 Å². The van der Waals surface area contributed by atoms with Gasteiger partial charge in [0.25, 0.3) is 5.91 Å². The second kappa shape index (κ2) is 6.92. The molecule has 0 spiro atoms. The lowest BCUT2D eigenvalue weighted by atomic mass is 9.82. The van der Waals surface area contributed by atoms with Crippen molar-refractivity contribution in [3.63, 3.8) is 0 Å². The van der Waals surface area contributed by atoms with Crippen molar-refractivity contribution in [3.05, 3.63) is 59.7 Å². The van der Waals surface area contributed by atoms with E-state index in [9.17, 15) is 4.79 Å². The van der Waals surface area contributed by atoms with Crippen molar-refractivity contribution in [3.8, 4) is 0 Å². The number of hydrogen-bond acceptors (Lipinski definition) is 4. The third-order valence-electron chi connectivity index (χ3n) is 5.66. The zero-order valence-corrected chi connectivity index (χ0v) is 14.6. The number of aryl methyl sites for hydroxylation is 1. The average molecular weight is 336 g/mol. The van der Waals surface area contributed by atoms with E-state index in [0.29, 0.717) is 17.5 Å². The van der Waals surface area contributed by atoms with Crippen LogP contribution in [0.2, 0.25) is 0 Å². The van der Waals surface area contributed by atoms with Gasteiger partial charge >= 0.3 is 0 Å². The van der Waals surface area contributed by atoms with Crippen molar-refractivity contribution in [1.82, 2.24) is 20.2 Å². The third-order valence-corrected chi connectivity index (χ3v) is 5.66. The lowest BCUT2D eigenvalue weighted by molar-refractivity contribution is 0.0691. The van der Waals surface area contributed by atoms with E-state index in [0.717, 1.165) is 32.5 Å². The Balaban J connectivity index is 1.62. The summed E-state index contributed by atoms with van der Waals surface area (Å²) in [6.45, 7) is 4.87. The largest absolute Gasteiger partial charge is 0.333 e. The first-order valence-corrected chi connectivity index (χ1v) is 9.14. The Labute approximate surface area is 148 Å². The van der Waals surface area contributed by atoms with Gasteiger partial charge in [0.15, 0.2) is 0 Å². The highest BCUT2D eigenvalue weighted by Crippen LogP contribution is 2.40. The van der Waals surface area contributed by atoms with Crippen molar-refractivity contribution in [2.24, 2.45) is 5.92 Å².